The van der Waals surface area contributed by atoms with Crippen molar-refractivity contribution >= 4 is 23.3 Å². The largest absolute Gasteiger partial charge is 0.497 e. The van der Waals surface area contributed by atoms with Crippen molar-refractivity contribution in [1.29, 1.82) is 0 Å². The van der Waals surface area contributed by atoms with Crippen molar-refractivity contribution in [3.63, 3.8) is 0 Å². The van der Waals surface area contributed by atoms with Crippen LogP contribution in [0.4, 0.5) is 16.2 Å². The van der Waals surface area contributed by atoms with Gasteiger partial charge in [-0.05, 0) is 55.8 Å². The summed E-state index contributed by atoms with van der Waals surface area (Å²) in [6, 6.07) is 12.1. The van der Waals surface area contributed by atoms with Gasteiger partial charge in [-0.15, -0.1) is 0 Å². The quantitative estimate of drug-likeness (QED) is 0.797. The number of methoxy groups -OCH3 is 2. The molecular weight excluding hydrogens is 358 g/mol. The zero-order valence-corrected chi connectivity index (χ0v) is 16.3. The zero-order chi connectivity index (χ0) is 20.1. The van der Waals surface area contributed by atoms with E-state index in [1.807, 2.05) is 37.3 Å². The predicted octanol–water partition coefficient (Wildman–Crippen LogP) is 3.71. The summed E-state index contributed by atoms with van der Waals surface area (Å²) in [7, 11) is 3.18. The minimum Gasteiger partial charge on any atom is -0.497 e. The lowest BCUT2D eigenvalue weighted by molar-refractivity contribution is -0.117. The number of urea groups is 1. The summed E-state index contributed by atoms with van der Waals surface area (Å²) in [6.45, 7) is 2.62. The molecule has 7 nitrogen and oxygen atoms in total. The Hall–Kier alpha value is -3.22. The molecule has 7 heteroatoms. The van der Waals surface area contributed by atoms with Crippen LogP contribution in [0.2, 0.25) is 0 Å². The first-order valence-corrected chi connectivity index (χ1v) is 9.21. The number of carbonyl (C=O) groups is 2. The summed E-state index contributed by atoms with van der Waals surface area (Å²) >= 11 is 0. The molecule has 2 N–H and O–H groups in total. The van der Waals surface area contributed by atoms with E-state index in [0.717, 1.165) is 24.2 Å². The normalized spacial score (nSPS) is 14.5. The fourth-order valence-corrected chi connectivity index (χ4v) is 3.27. The second-order valence-electron chi connectivity index (χ2n) is 6.62. The minimum absolute atomic E-state index is 0.138. The van der Waals surface area contributed by atoms with Gasteiger partial charge in [0.05, 0.1) is 20.3 Å². The summed E-state index contributed by atoms with van der Waals surface area (Å²) in [5, 5.41) is 5.71. The molecule has 1 unspecified atom stereocenters. The summed E-state index contributed by atoms with van der Waals surface area (Å²) in [4.78, 5) is 26.0. The molecule has 1 fully saturated rings. The van der Waals surface area contributed by atoms with Crippen molar-refractivity contribution in [3.8, 4) is 11.5 Å². The average molecular weight is 383 g/mol. The number of benzene rings is 2. The fraction of sp³-hybridized carbons (Fsp3) is 0.333. The van der Waals surface area contributed by atoms with Gasteiger partial charge in [-0.2, -0.15) is 0 Å². The van der Waals surface area contributed by atoms with Crippen molar-refractivity contribution in [1.82, 2.24) is 5.32 Å². The molecule has 1 aliphatic rings. The van der Waals surface area contributed by atoms with Crippen LogP contribution in [-0.2, 0) is 4.79 Å². The van der Waals surface area contributed by atoms with E-state index >= 15 is 0 Å². The highest BCUT2D eigenvalue weighted by atomic mass is 16.5. The highest BCUT2D eigenvalue weighted by molar-refractivity contribution is 5.96. The molecule has 3 rings (SSSR count). The number of anilines is 2. The van der Waals surface area contributed by atoms with E-state index in [0.29, 0.717) is 23.6 Å². The Morgan fingerprint density at radius 1 is 1.11 bits per heavy atom. The molecule has 0 aliphatic carbocycles. The average Bonchev–Trinajstić information content (AvgIpc) is 3.13. The molecule has 3 amide bonds. The standard InChI is InChI=1S/C21H25N3O4/c1-14(18-13-17(27-2)10-11-19(18)28-3)22-21(26)23-15-6-8-16(9-7-15)24-12-4-5-20(24)25/h6-11,13-14H,4-5,12H2,1-3H3,(H2,22,23,26). The van der Waals surface area contributed by atoms with Crippen molar-refractivity contribution in [2.24, 2.45) is 0 Å². The van der Waals surface area contributed by atoms with Gasteiger partial charge in [-0.1, -0.05) is 0 Å². The highest BCUT2D eigenvalue weighted by Crippen LogP contribution is 2.29. The topological polar surface area (TPSA) is 79.9 Å². The number of carbonyl (C=O) groups excluding carboxylic acids is 2. The van der Waals surface area contributed by atoms with E-state index in [2.05, 4.69) is 10.6 Å². The van der Waals surface area contributed by atoms with Crippen molar-refractivity contribution < 1.29 is 19.1 Å². The summed E-state index contributed by atoms with van der Waals surface area (Å²) in [5.74, 6) is 1.50. The molecule has 148 valence electrons. The van der Waals surface area contributed by atoms with Crippen LogP contribution in [-0.4, -0.2) is 32.7 Å². The number of hydrogen-bond acceptors (Lipinski definition) is 4. The molecule has 2 aromatic rings. The van der Waals surface area contributed by atoms with Crippen molar-refractivity contribution in [3.05, 3.63) is 48.0 Å². The van der Waals surface area contributed by atoms with Gasteiger partial charge in [0.25, 0.3) is 0 Å². The summed E-state index contributed by atoms with van der Waals surface area (Å²) < 4.78 is 10.6. The van der Waals surface area contributed by atoms with Gasteiger partial charge in [0.15, 0.2) is 0 Å². The minimum atomic E-state index is -0.331. The zero-order valence-electron chi connectivity index (χ0n) is 16.3. The van der Waals surface area contributed by atoms with Gasteiger partial charge < -0.3 is 25.0 Å². The Labute approximate surface area is 164 Å². The van der Waals surface area contributed by atoms with Crippen LogP contribution in [0.1, 0.15) is 31.4 Å². The molecular formula is C21H25N3O4. The van der Waals surface area contributed by atoms with Crippen LogP contribution in [0, 0.1) is 0 Å². The SMILES string of the molecule is COc1ccc(OC)c(C(C)NC(=O)Nc2ccc(N3CCCC3=O)cc2)c1. The van der Waals surface area contributed by atoms with E-state index < -0.39 is 0 Å². The maximum absolute atomic E-state index is 12.4. The molecule has 28 heavy (non-hydrogen) atoms. The number of hydrogen-bond donors (Lipinski definition) is 2. The van der Waals surface area contributed by atoms with Gasteiger partial charge in [0, 0.05) is 29.9 Å². The molecule has 1 saturated heterocycles. The van der Waals surface area contributed by atoms with Crippen LogP contribution >= 0.6 is 0 Å². The Morgan fingerprint density at radius 2 is 1.86 bits per heavy atom. The Balaban J connectivity index is 1.63. The van der Waals surface area contributed by atoms with Gasteiger partial charge in [-0.25, -0.2) is 4.79 Å². The molecule has 1 aliphatic heterocycles. The van der Waals surface area contributed by atoms with Gasteiger partial charge in [-0.3, -0.25) is 4.79 Å². The summed E-state index contributed by atoms with van der Waals surface area (Å²) in [5.41, 5.74) is 2.32. The maximum atomic E-state index is 12.4. The Bertz CT molecular complexity index is 851. The molecule has 0 radical (unpaired) electrons. The molecule has 0 bridgehead atoms. The first-order chi connectivity index (χ1) is 13.5. The lowest BCUT2D eigenvalue weighted by atomic mass is 10.1. The first kappa shape index (κ1) is 19.5. The second-order valence-corrected chi connectivity index (χ2v) is 6.62. The number of rotatable bonds is 6. The summed E-state index contributed by atoms with van der Waals surface area (Å²) in [6.07, 6.45) is 1.47. The van der Waals surface area contributed by atoms with Gasteiger partial charge >= 0.3 is 6.03 Å². The van der Waals surface area contributed by atoms with Crippen LogP contribution < -0.4 is 25.0 Å². The molecule has 1 heterocycles. The first-order valence-electron chi connectivity index (χ1n) is 9.21. The van der Waals surface area contributed by atoms with Gasteiger partial charge in [0.2, 0.25) is 5.91 Å². The van der Waals surface area contributed by atoms with Crippen molar-refractivity contribution in [2.45, 2.75) is 25.8 Å². The van der Waals surface area contributed by atoms with Crippen LogP contribution in [0.15, 0.2) is 42.5 Å². The monoisotopic (exact) mass is 383 g/mol. The maximum Gasteiger partial charge on any atom is 0.319 e. The Kier molecular flexibility index (Phi) is 6.03. The predicted molar refractivity (Wildman–Crippen MR) is 108 cm³/mol. The number of nitrogens with zero attached hydrogens (tertiary/aromatic N) is 1. The molecule has 0 aromatic heterocycles. The smallest absolute Gasteiger partial charge is 0.319 e. The molecule has 2 aromatic carbocycles. The van der Waals surface area contributed by atoms with E-state index in [4.69, 9.17) is 9.47 Å². The third-order valence-corrected chi connectivity index (χ3v) is 4.76. The molecule has 1 atom stereocenters. The van der Waals surface area contributed by atoms with E-state index in [9.17, 15) is 9.59 Å². The lowest BCUT2D eigenvalue weighted by Crippen LogP contribution is -2.31. The molecule has 0 spiro atoms. The van der Waals surface area contributed by atoms with E-state index in [1.165, 1.54) is 0 Å². The number of ether oxygens (including phenoxy) is 2. The third-order valence-electron chi connectivity index (χ3n) is 4.76. The second kappa shape index (κ2) is 8.65. The lowest BCUT2D eigenvalue weighted by Gasteiger charge is -2.19. The third kappa shape index (κ3) is 4.36. The van der Waals surface area contributed by atoms with Gasteiger partial charge in [0.1, 0.15) is 11.5 Å². The fourth-order valence-electron chi connectivity index (χ4n) is 3.27. The number of nitrogens with one attached hydrogen (secondary N) is 2. The van der Waals surface area contributed by atoms with E-state index in [1.54, 1.807) is 31.3 Å². The van der Waals surface area contributed by atoms with Crippen LogP contribution in [0.25, 0.3) is 0 Å². The Morgan fingerprint density at radius 3 is 2.46 bits per heavy atom. The van der Waals surface area contributed by atoms with Crippen molar-refractivity contribution in [2.75, 3.05) is 31.0 Å². The van der Waals surface area contributed by atoms with E-state index in [-0.39, 0.29) is 18.0 Å². The molecule has 0 saturated carbocycles. The highest BCUT2D eigenvalue weighted by Gasteiger charge is 2.21. The van der Waals surface area contributed by atoms with Crippen LogP contribution in [0.5, 0.6) is 11.5 Å². The van der Waals surface area contributed by atoms with Crippen LogP contribution in [0.3, 0.4) is 0 Å². The number of amides is 3.